The molecule has 0 spiro atoms. The molecule has 116 valence electrons. The summed E-state index contributed by atoms with van der Waals surface area (Å²) < 4.78 is 0. The zero-order valence-corrected chi connectivity index (χ0v) is 13.2. The number of piperidine rings is 1. The van der Waals surface area contributed by atoms with Crippen LogP contribution in [0.3, 0.4) is 0 Å². The fraction of sp³-hybridized carbons (Fsp3) is 0.400. The number of hydrogen-bond acceptors (Lipinski definition) is 2. The number of aliphatic hydroxyl groups is 1. The van der Waals surface area contributed by atoms with Gasteiger partial charge in [-0.15, -0.1) is 0 Å². The van der Waals surface area contributed by atoms with Crippen molar-refractivity contribution < 1.29 is 5.11 Å². The van der Waals surface area contributed by atoms with Crippen LogP contribution < -0.4 is 5.32 Å². The van der Waals surface area contributed by atoms with E-state index in [-0.39, 0.29) is 24.1 Å². The van der Waals surface area contributed by atoms with Crippen molar-refractivity contribution in [3.05, 3.63) is 71.8 Å². The van der Waals surface area contributed by atoms with Gasteiger partial charge in [0.1, 0.15) is 0 Å². The van der Waals surface area contributed by atoms with Gasteiger partial charge in [-0.25, -0.2) is 0 Å². The van der Waals surface area contributed by atoms with Crippen LogP contribution in [0.15, 0.2) is 60.7 Å². The van der Waals surface area contributed by atoms with E-state index in [4.69, 9.17) is 0 Å². The van der Waals surface area contributed by atoms with Crippen molar-refractivity contribution >= 4 is 0 Å². The van der Waals surface area contributed by atoms with E-state index >= 15 is 0 Å². The van der Waals surface area contributed by atoms with Gasteiger partial charge in [0.05, 0.1) is 6.10 Å². The molecule has 2 N–H and O–H groups in total. The predicted octanol–water partition coefficient (Wildman–Crippen LogP) is 4.24. The summed E-state index contributed by atoms with van der Waals surface area (Å²) in [5.41, 5.74) is 2.54. The van der Waals surface area contributed by atoms with Gasteiger partial charge in [0, 0.05) is 18.0 Å². The summed E-state index contributed by atoms with van der Waals surface area (Å²) in [5, 5.41) is 14.5. The highest BCUT2D eigenvalue weighted by Gasteiger charge is 2.37. The van der Waals surface area contributed by atoms with Crippen LogP contribution in [-0.4, -0.2) is 11.2 Å². The predicted molar refractivity (Wildman–Crippen MR) is 90.5 cm³/mol. The van der Waals surface area contributed by atoms with Gasteiger partial charge in [-0.2, -0.15) is 0 Å². The zero-order chi connectivity index (χ0) is 15.4. The minimum Gasteiger partial charge on any atom is -0.393 e. The van der Waals surface area contributed by atoms with E-state index < -0.39 is 0 Å². The molecule has 0 saturated carbocycles. The molecule has 1 aliphatic heterocycles. The number of benzene rings is 2. The topological polar surface area (TPSA) is 32.3 Å². The summed E-state index contributed by atoms with van der Waals surface area (Å²) in [4.78, 5) is 0. The number of aliphatic hydroxyl groups excluding tert-OH is 1. The van der Waals surface area contributed by atoms with Crippen molar-refractivity contribution in [2.45, 2.75) is 44.4 Å². The lowest BCUT2D eigenvalue weighted by Gasteiger charge is -2.41. The summed E-state index contributed by atoms with van der Waals surface area (Å²) in [6.07, 6.45) is 2.69. The average molecular weight is 295 g/mol. The first-order chi connectivity index (χ1) is 10.8. The molecular formula is C20H25NO. The summed E-state index contributed by atoms with van der Waals surface area (Å²) in [6.45, 7) is 2.19. The van der Waals surface area contributed by atoms with Crippen LogP contribution in [0.5, 0.6) is 0 Å². The van der Waals surface area contributed by atoms with Crippen LogP contribution >= 0.6 is 0 Å². The molecule has 1 heterocycles. The molecule has 2 heteroatoms. The van der Waals surface area contributed by atoms with Crippen LogP contribution in [0.25, 0.3) is 0 Å². The smallest absolute Gasteiger partial charge is 0.0604 e. The highest BCUT2D eigenvalue weighted by molar-refractivity contribution is 5.25. The zero-order valence-electron chi connectivity index (χ0n) is 13.2. The Hall–Kier alpha value is -1.64. The molecule has 0 radical (unpaired) electrons. The van der Waals surface area contributed by atoms with Gasteiger partial charge in [0.2, 0.25) is 0 Å². The van der Waals surface area contributed by atoms with Crippen molar-refractivity contribution in [2.24, 2.45) is 5.92 Å². The first-order valence-corrected chi connectivity index (χ1v) is 8.33. The Morgan fingerprint density at radius 1 is 0.955 bits per heavy atom. The van der Waals surface area contributed by atoms with Gasteiger partial charge >= 0.3 is 0 Å². The lowest BCUT2D eigenvalue weighted by atomic mass is 9.78. The van der Waals surface area contributed by atoms with Gasteiger partial charge in [0.25, 0.3) is 0 Å². The summed E-state index contributed by atoms with van der Waals surface area (Å²) >= 11 is 0. The SMILES string of the molecule is CCCC1C(O)CC(c2ccccc2)NC1c1ccccc1. The molecular weight excluding hydrogens is 270 g/mol. The Bertz CT molecular complexity index is 569. The highest BCUT2D eigenvalue weighted by atomic mass is 16.3. The number of nitrogens with one attached hydrogen (secondary N) is 1. The fourth-order valence-corrected chi connectivity index (χ4v) is 3.66. The molecule has 0 bridgehead atoms. The van der Waals surface area contributed by atoms with Crippen LogP contribution in [0.1, 0.15) is 49.4 Å². The van der Waals surface area contributed by atoms with Crippen LogP contribution in [0.4, 0.5) is 0 Å². The Balaban J connectivity index is 1.88. The standard InChI is InChI=1S/C20H25NO/c1-2-9-17-19(22)14-18(15-10-5-3-6-11-15)21-20(17)16-12-7-4-8-13-16/h3-8,10-13,17-22H,2,9,14H2,1H3. The molecule has 0 aliphatic carbocycles. The maximum atomic E-state index is 10.7. The second-order valence-electron chi connectivity index (χ2n) is 6.27. The van der Waals surface area contributed by atoms with E-state index in [2.05, 4.69) is 60.8 Å². The normalized spacial score (nSPS) is 28.5. The van der Waals surface area contributed by atoms with Crippen molar-refractivity contribution in [1.29, 1.82) is 0 Å². The third-order valence-electron chi connectivity index (χ3n) is 4.76. The lowest BCUT2D eigenvalue weighted by molar-refractivity contribution is 0.0262. The van der Waals surface area contributed by atoms with E-state index in [1.165, 1.54) is 11.1 Å². The highest BCUT2D eigenvalue weighted by Crippen LogP contribution is 2.39. The largest absolute Gasteiger partial charge is 0.393 e. The van der Waals surface area contributed by atoms with E-state index in [0.717, 1.165) is 19.3 Å². The molecule has 0 amide bonds. The van der Waals surface area contributed by atoms with Gasteiger partial charge in [0.15, 0.2) is 0 Å². The van der Waals surface area contributed by atoms with E-state index in [1.54, 1.807) is 0 Å². The first kappa shape index (κ1) is 15.3. The minimum atomic E-state index is -0.253. The molecule has 1 saturated heterocycles. The summed E-state index contributed by atoms with van der Waals surface area (Å²) in [6, 6.07) is 21.4. The monoisotopic (exact) mass is 295 g/mol. The molecule has 0 aromatic heterocycles. The maximum absolute atomic E-state index is 10.7. The lowest BCUT2D eigenvalue weighted by Crippen LogP contribution is -2.44. The van der Waals surface area contributed by atoms with Crippen molar-refractivity contribution in [3.63, 3.8) is 0 Å². The van der Waals surface area contributed by atoms with Crippen LogP contribution in [0.2, 0.25) is 0 Å². The molecule has 4 atom stereocenters. The quantitative estimate of drug-likeness (QED) is 0.884. The van der Waals surface area contributed by atoms with Crippen molar-refractivity contribution in [3.8, 4) is 0 Å². The first-order valence-electron chi connectivity index (χ1n) is 8.33. The molecule has 1 aliphatic rings. The summed E-state index contributed by atoms with van der Waals surface area (Å²) in [5.74, 6) is 0.285. The molecule has 2 aromatic rings. The molecule has 22 heavy (non-hydrogen) atoms. The van der Waals surface area contributed by atoms with Gasteiger partial charge in [-0.3, -0.25) is 0 Å². The van der Waals surface area contributed by atoms with Gasteiger partial charge < -0.3 is 10.4 Å². The Labute approximate surface area is 133 Å². The molecule has 1 fully saturated rings. The Morgan fingerprint density at radius 3 is 2.14 bits per heavy atom. The van der Waals surface area contributed by atoms with Crippen molar-refractivity contribution in [2.75, 3.05) is 0 Å². The number of hydrogen-bond donors (Lipinski definition) is 2. The van der Waals surface area contributed by atoms with Crippen LogP contribution in [0, 0.1) is 5.92 Å². The summed E-state index contributed by atoms with van der Waals surface area (Å²) in [7, 11) is 0. The van der Waals surface area contributed by atoms with E-state index in [9.17, 15) is 5.11 Å². The molecule has 3 rings (SSSR count). The van der Waals surface area contributed by atoms with Crippen molar-refractivity contribution in [1.82, 2.24) is 5.32 Å². The van der Waals surface area contributed by atoms with Gasteiger partial charge in [-0.05, 0) is 24.0 Å². The average Bonchev–Trinajstić information content (AvgIpc) is 2.58. The van der Waals surface area contributed by atoms with Gasteiger partial charge in [-0.1, -0.05) is 74.0 Å². The Morgan fingerprint density at radius 2 is 1.55 bits per heavy atom. The third-order valence-corrected chi connectivity index (χ3v) is 4.76. The Kier molecular flexibility index (Phi) is 4.91. The number of rotatable bonds is 4. The van der Waals surface area contributed by atoms with E-state index in [1.807, 2.05) is 12.1 Å². The maximum Gasteiger partial charge on any atom is 0.0604 e. The second-order valence-corrected chi connectivity index (χ2v) is 6.27. The molecule has 2 aromatic carbocycles. The fourth-order valence-electron chi connectivity index (χ4n) is 3.66. The second kappa shape index (κ2) is 7.08. The molecule has 2 nitrogen and oxygen atoms in total. The molecule has 4 unspecified atom stereocenters. The minimum absolute atomic E-state index is 0.217. The van der Waals surface area contributed by atoms with E-state index in [0.29, 0.717) is 0 Å². The van der Waals surface area contributed by atoms with Crippen LogP contribution in [-0.2, 0) is 0 Å². The third kappa shape index (κ3) is 3.23.